The molecule has 0 saturated heterocycles. The van der Waals surface area contributed by atoms with Gasteiger partial charge in [0.15, 0.2) is 0 Å². The Morgan fingerprint density at radius 1 is 0.913 bits per heavy atom. The van der Waals surface area contributed by atoms with Crippen LogP contribution in [0.1, 0.15) is 26.5 Å². The molecule has 116 valence electrons. The summed E-state index contributed by atoms with van der Waals surface area (Å²) in [7, 11) is 0. The van der Waals surface area contributed by atoms with Crippen molar-refractivity contribution < 1.29 is 0 Å². The molecule has 0 aliphatic heterocycles. The Balaban J connectivity index is 2.15. The van der Waals surface area contributed by atoms with E-state index in [1.54, 1.807) is 0 Å². The third-order valence-electron chi connectivity index (χ3n) is 3.32. The first kappa shape index (κ1) is 15.2. The molecule has 0 saturated carbocycles. The van der Waals surface area contributed by atoms with Gasteiger partial charge in [0.05, 0.1) is 17.4 Å². The molecule has 23 heavy (non-hydrogen) atoms. The van der Waals surface area contributed by atoms with Gasteiger partial charge in [0.25, 0.3) is 0 Å². The van der Waals surface area contributed by atoms with Gasteiger partial charge in [0, 0.05) is 5.56 Å². The number of aromatic nitrogens is 3. The highest BCUT2D eigenvalue weighted by molar-refractivity contribution is 5.87. The first-order valence-corrected chi connectivity index (χ1v) is 7.66. The third-order valence-corrected chi connectivity index (χ3v) is 3.32. The maximum Gasteiger partial charge on any atom is 0.132 e. The predicted molar refractivity (Wildman–Crippen MR) is 94.1 cm³/mol. The number of hydrogen-bond acceptors (Lipinski definition) is 3. The lowest BCUT2D eigenvalue weighted by atomic mass is 10.1. The van der Waals surface area contributed by atoms with Crippen LogP contribution in [0.4, 0.5) is 0 Å². The molecule has 3 aromatic rings. The first-order valence-electron chi connectivity index (χ1n) is 7.66. The maximum absolute atomic E-state index is 4.58. The second-order valence-corrected chi connectivity index (χ2v) is 6.37. The van der Waals surface area contributed by atoms with E-state index in [0.717, 1.165) is 22.6 Å². The fourth-order valence-corrected chi connectivity index (χ4v) is 2.25. The van der Waals surface area contributed by atoms with E-state index in [9.17, 15) is 0 Å². The molecule has 3 rings (SSSR count). The standard InChI is InChI=1S/C19H20N4/c1-19(2,3)20-14-17-18(15-10-6-4-7-11-15)23(22-21-17)16-12-8-5-9-13-16/h4-14H,1-3H3. The molecule has 0 N–H and O–H groups in total. The minimum atomic E-state index is -0.148. The largest absolute Gasteiger partial charge is 0.285 e. The van der Waals surface area contributed by atoms with Gasteiger partial charge in [-0.3, -0.25) is 4.99 Å². The van der Waals surface area contributed by atoms with Crippen LogP contribution in [0, 0.1) is 0 Å². The van der Waals surface area contributed by atoms with E-state index in [-0.39, 0.29) is 5.54 Å². The van der Waals surface area contributed by atoms with Gasteiger partial charge < -0.3 is 0 Å². The fourth-order valence-electron chi connectivity index (χ4n) is 2.25. The fraction of sp³-hybridized carbons (Fsp3) is 0.211. The van der Waals surface area contributed by atoms with E-state index in [0.29, 0.717) is 0 Å². The topological polar surface area (TPSA) is 43.1 Å². The van der Waals surface area contributed by atoms with Crippen LogP contribution in [0.25, 0.3) is 16.9 Å². The van der Waals surface area contributed by atoms with Crippen molar-refractivity contribution in [2.24, 2.45) is 4.99 Å². The quantitative estimate of drug-likeness (QED) is 0.682. The van der Waals surface area contributed by atoms with Crippen molar-refractivity contribution in [2.45, 2.75) is 26.3 Å². The molecule has 0 aliphatic carbocycles. The van der Waals surface area contributed by atoms with Crippen molar-refractivity contribution in [3.8, 4) is 16.9 Å². The average Bonchev–Trinajstić information content (AvgIpc) is 2.98. The van der Waals surface area contributed by atoms with Crippen molar-refractivity contribution in [1.82, 2.24) is 15.0 Å². The van der Waals surface area contributed by atoms with Gasteiger partial charge in [-0.25, -0.2) is 4.68 Å². The van der Waals surface area contributed by atoms with Crippen molar-refractivity contribution in [3.05, 3.63) is 66.4 Å². The van der Waals surface area contributed by atoms with E-state index < -0.39 is 0 Å². The monoisotopic (exact) mass is 304 g/mol. The van der Waals surface area contributed by atoms with Crippen LogP contribution in [-0.2, 0) is 0 Å². The predicted octanol–water partition coefficient (Wildman–Crippen LogP) is 4.15. The summed E-state index contributed by atoms with van der Waals surface area (Å²) in [6.07, 6.45) is 1.81. The molecule has 0 radical (unpaired) electrons. The van der Waals surface area contributed by atoms with E-state index in [2.05, 4.69) is 48.2 Å². The highest BCUT2D eigenvalue weighted by Gasteiger charge is 2.15. The molecule has 0 unspecified atom stereocenters. The summed E-state index contributed by atoms with van der Waals surface area (Å²) in [4.78, 5) is 4.58. The number of nitrogens with zero attached hydrogens (tertiary/aromatic N) is 4. The molecule has 1 aromatic heterocycles. The Kier molecular flexibility index (Phi) is 4.06. The van der Waals surface area contributed by atoms with Gasteiger partial charge in [-0.1, -0.05) is 53.7 Å². The number of hydrogen-bond donors (Lipinski definition) is 0. The second-order valence-electron chi connectivity index (χ2n) is 6.37. The molecular formula is C19H20N4. The molecule has 0 spiro atoms. The third kappa shape index (κ3) is 3.54. The average molecular weight is 304 g/mol. The van der Waals surface area contributed by atoms with Crippen LogP contribution in [0.5, 0.6) is 0 Å². The van der Waals surface area contributed by atoms with Gasteiger partial charge in [0.1, 0.15) is 11.4 Å². The summed E-state index contributed by atoms with van der Waals surface area (Å²) in [5.41, 5.74) is 3.62. The zero-order valence-corrected chi connectivity index (χ0v) is 13.6. The molecule has 0 aliphatic rings. The van der Waals surface area contributed by atoms with Crippen LogP contribution in [-0.4, -0.2) is 26.7 Å². The molecule has 0 fully saturated rings. The molecule has 0 amide bonds. The van der Waals surface area contributed by atoms with Gasteiger partial charge in [-0.15, -0.1) is 5.10 Å². The van der Waals surface area contributed by atoms with Crippen LogP contribution in [0.2, 0.25) is 0 Å². The zero-order chi connectivity index (χ0) is 16.3. The number of para-hydroxylation sites is 1. The molecule has 0 bridgehead atoms. The number of rotatable bonds is 3. The first-order chi connectivity index (χ1) is 11.0. The highest BCUT2D eigenvalue weighted by atomic mass is 15.4. The van der Waals surface area contributed by atoms with Gasteiger partial charge >= 0.3 is 0 Å². The Labute approximate surface area is 136 Å². The smallest absolute Gasteiger partial charge is 0.132 e. The lowest BCUT2D eigenvalue weighted by molar-refractivity contribution is 0.586. The summed E-state index contributed by atoms with van der Waals surface area (Å²) in [6.45, 7) is 6.19. The SMILES string of the molecule is CC(C)(C)N=Cc1nnn(-c2ccccc2)c1-c1ccccc1. The summed E-state index contributed by atoms with van der Waals surface area (Å²) < 4.78 is 1.86. The Bertz CT molecular complexity index is 796. The number of benzene rings is 2. The molecule has 4 nitrogen and oxygen atoms in total. The van der Waals surface area contributed by atoms with Gasteiger partial charge in [0.2, 0.25) is 0 Å². The summed E-state index contributed by atoms with van der Waals surface area (Å²) in [5.74, 6) is 0. The van der Waals surface area contributed by atoms with Crippen LogP contribution < -0.4 is 0 Å². The normalized spacial score (nSPS) is 12.0. The Hall–Kier alpha value is -2.75. The molecule has 0 atom stereocenters. The van der Waals surface area contributed by atoms with Crippen LogP contribution >= 0.6 is 0 Å². The number of aliphatic imine (C=N–C) groups is 1. The minimum Gasteiger partial charge on any atom is -0.285 e. The second kappa shape index (κ2) is 6.16. The lowest BCUT2D eigenvalue weighted by Crippen LogP contribution is -2.10. The van der Waals surface area contributed by atoms with Gasteiger partial charge in [-0.05, 0) is 32.9 Å². The zero-order valence-electron chi connectivity index (χ0n) is 13.6. The van der Waals surface area contributed by atoms with Crippen LogP contribution in [0.15, 0.2) is 65.7 Å². The Morgan fingerprint density at radius 2 is 1.52 bits per heavy atom. The van der Waals surface area contributed by atoms with Crippen molar-refractivity contribution in [1.29, 1.82) is 0 Å². The van der Waals surface area contributed by atoms with E-state index in [1.165, 1.54) is 0 Å². The van der Waals surface area contributed by atoms with Crippen molar-refractivity contribution in [2.75, 3.05) is 0 Å². The molecule has 2 aromatic carbocycles. The molecule has 4 heteroatoms. The summed E-state index contributed by atoms with van der Waals surface area (Å²) in [6, 6.07) is 20.2. The molecular weight excluding hydrogens is 284 g/mol. The van der Waals surface area contributed by atoms with Crippen molar-refractivity contribution >= 4 is 6.21 Å². The van der Waals surface area contributed by atoms with E-state index in [4.69, 9.17) is 0 Å². The van der Waals surface area contributed by atoms with Gasteiger partial charge in [-0.2, -0.15) is 0 Å². The van der Waals surface area contributed by atoms with E-state index >= 15 is 0 Å². The summed E-state index contributed by atoms with van der Waals surface area (Å²) in [5, 5.41) is 8.67. The van der Waals surface area contributed by atoms with Crippen molar-refractivity contribution in [3.63, 3.8) is 0 Å². The lowest BCUT2D eigenvalue weighted by Gasteiger charge is -2.11. The maximum atomic E-state index is 4.58. The highest BCUT2D eigenvalue weighted by Crippen LogP contribution is 2.24. The Morgan fingerprint density at radius 3 is 2.13 bits per heavy atom. The summed E-state index contributed by atoms with van der Waals surface area (Å²) >= 11 is 0. The van der Waals surface area contributed by atoms with Crippen LogP contribution in [0.3, 0.4) is 0 Å². The molecule has 1 heterocycles. The minimum absolute atomic E-state index is 0.148. The van der Waals surface area contributed by atoms with E-state index in [1.807, 2.05) is 59.4 Å².